The van der Waals surface area contributed by atoms with Crippen molar-refractivity contribution >= 4 is 23.5 Å². The molecule has 0 spiro atoms. The van der Waals surface area contributed by atoms with E-state index >= 15 is 0 Å². The third-order valence-electron chi connectivity index (χ3n) is 7.58. The van der Waals surface area contributed by atoms with Gasteiger partial charge in [0.2, 0.25) is 5.91 Å². The van der Waals surface area contributed by atoms with E-state index in [1.54, 1.807) is 6.07 Å². The van der Waals surface area contributed by atoms with Crippen LogP contribution in [0.1, 0.15) is 29.9 Å². The average Bonchev–Trinajstić information content (AvgIpc) is 3.02. The van der Waals surface area contributed by atoms with E-state index in [1.807, 2.05) is 34.1 Å². The van der Waals surface area contributed by atoms with Crippen molar-refractivity contribution in [1.29, 1.82) is 0 Å². The minimum Gasteiger partial charge on any atom is -0.478 e. The highest BCUT2D eigenvalue weighted by Gasteiger charge is 2.27. The smallest absolute Gasteiger partial charge is 0.328 e. The Morgan fingerprint density at radius 2 is 1.41 bits per heavy atom. The van der Waals surface area contributed by atoms with E-state index < -0.39 is 23.6 Å². The Hall–Kier alpha value is -4.77. The van der Waals surface area contributed by atoms with Crippen molar-refractivity contribution < 1.29 is 38.1 Å². The number of hydrogen-bond acceptors (Lipinski definition) is 6. The lowest BCUT2D eigenvalue weighted by molar-refractivity contribution is -0.134. The standard InChI is InChI=1S/C29H31F2N3O2.C4H4O4/c1-32(14-12-22-23-6-2-4-8-27(23)36-28-9-5-3-7-24(22)28)15-13-29(35)34-18-16-33(17-19-34)21-10-11-25(30)26(31)20-21;5-3(6)1-2-4(7)8/h2-11,20,22H,12-19H2,1H3;1-2H,(H,5,6)(H,7,8)/b;2-1+. The van der Waals surface area contributed by atoms with Crippen LogP contribution in [0.25, 0.3) is 0 Å². The Balaban J connectivity index is 0.000000488. The summed E-state index contributed by atoms with van der Waals surface area (Å²) in [5.74, 6) is -1.98. The second kappa shape index (κ2) is 15.1. The first-order chi connectivity index (χ1) is 21.1. The number of carboxylic acids is 2. The van der Waals surface area contributed by atoms with Crippen molar-refractivity contribution in [2.75, 3.05) is 51.2 Å². The molecule has 3 aromatic rings. The van der Waals surface area contributed by atoms with Gasteiger partial charge in [0, 0.05) is 80.1 Å². The highest BCUT2D eigenvalue weighted by atomic mass is 19.2. The number of carboxylic acid groups (broad SMARTS) is 2. The lowest BCUT2D eigenvalue weighted by Crippen LogP contribution is -2.49. The van der Waals surface area contributed by atoms with Gasteiger partial charge in [-0.15, -0.1) is 0 Å². The molecule has 0 saturated carbocycles. The molecule has 1 fully saturated rings. The number of carbonyl (C=O) groups excluding carboxylic acids is 1. The second-order valence-corrected chi connectivity index (χ2v) is 10.5. The van der Waals surface area contributed by atoms with Gasteiger partial charge in [0.05, 0.1) is 0 Å². The zero-order chi connectivity index (χ0) is 31.6. The predicted molar refractivity (Wildman–Crippen MR) is 161 cm³/mol. The van der Waals surface area contributed by atoms with Crippen LogP contribution in [0.15, 0.2) is 78.9 Å². The highest BCUT2D eigenvalue weighted by molar-refractivity contribution is 5.89. The van der Waals surface area contributed by atoms with Crippen LogP contribution in [-0.2, 0) is 14.4 Å². The number of ether oxygens (including phenoxy) is 1. The minimum atomic E-state index is -1.26. The zero-order valence-electron chi connectivity index (χ0n) is 24.4. The second-order valence-electron chi connectivity index (χ2n) is 10.5. The molecule has 2 heterocycles. The van der Waals surface area contributed by atoms with Gasteiger partial charge in [-0.1, -0.05) is 36.4 Å². The molecule has 44 heavy (non-hydrogen) atoms. The Morgan fingerprint density at radius 3 is 1.95 bits per heavy atom. The molecule has 0 unspecified atom stereocenters. The molecule has 0 atom stereocenters. The number of amides is 1. The first-order valence-electron chi connectivity index (χ1n) is 14.3. The van der Waals surface area contributed by atoms with Crippen molar-refractivity contribution in [3.05, 3.63) is 102 Å². The van der Waals surface area contributed by atoms with Crippen LogP contribution >= 0.6 is 0 Å². The number of halogens is 2. The van der Waals surface area contributed by atoms with Crippen molar-refractivity contribution in [1.82, 2.24) is 9.80 Å². The first kappa shape index (κ1) is 32.2. The van der Waals surface area contributed by atoms with Gasteiger partial charge in [0.25, 0.3) is 0 Å². The Morgan fingerprint density at radius 1 is 0.841 bits per heavy atom. The van der Waals surface area contributed by atoms with E-state index in [4.69, 9.17) is 14.9 Å². The summed E-state index contributed by atoms with van der Waals surface area (Å²) < 4.78 is 32.9. The van der Waals surface area contributed by atoms with Crippen LogP contribution in [-0.4, -0.2) is 84.2 Å². The minimum absolute atomic E-state index is 0.133. The summed E-state index contributed by atoms with van der Waals surface area (Å²) in [5, 5.41) is 15.6. The van der Waals surface area contributed by atoms with Gasteiger partial charge in [0.1, 0.15) is 11.5 Å². The summed E-state index contributed by atoms with van der Waals surface area (Å²) in [7, 11) is 2.06. The third kappa shape index (κ3) is 8.63. The maximum Gasteiger partial charge on any atom is 0.328 e. The maximum absolute atomic E-state index is 13.6. The average molecular weight is 608 g/mol. The van der Waals surface area contributed by atoms with E-state index in [1.165, 1.54) is 17.2 Å². The molecule has 0 bridgehead atoms. The van der Waals surface area contributed by atoms with Gasteiger partial charge in [-0.05, 0) is 44.3 Å². The first-order valence-corrected chi connectivity index (χ1v) is 14.3. The summed E-state index contributed by atoms with van der Waals surface area (Å²) in [6.45, 7) is 3.93. The van der Waals surface area contributed by atoms with Gasteiger partial charge in [-0.25, -0.2) is 18.4 Å². The van der Waals surface area contributed by atoms with Crippen molar-refractivity contribution in [2.45, 2.75) is 18.8 Å². The van der Waals surface area contributed by atoms with E-state index in [2.05, 4.69) is 36.2 Å². The largest absolute Gasteiger partial charge is 0.478 e. The van der Waals surface area contributed by atoms with E-state index in [9.17, 15) is 23.2 Å². The van der Waals surface area contributed by atoms with Gasteiger partial charge < -0.3 is 29.6 Å². The number of fused-ring (bicyclic) bond motifs is 2. The number of rotatable bonds is 9. The molecule has 0 radical (unpaired) electrons. The fourth-order valence-electron chi connectivity index (χ4n) is 5.26. The normalized spacial score (nSPS) is 14.4. The van der Waals surface area contributed by atoms with Crippen LogP contribution in [0.3, 0.4) is 0 Å². The molecule has 3 aromatic carbocycles. The summed E-state index contributed by atoms with van der Waals surface area (Å²) in [6, 6.07) is 20.4. The summed E-state index contributed by atoms with van der Waals surface area (Å²) >= 11 is 0. The maximum atomic E-state index is 13.6. The fraction of sp³-hybridized carbons (Fsp3) is 0.303. The van der Waals surface area contributed by atoms with E-state index in [0.29, 0.717) is 57.0 Å². The Kier molecular flexibility index (Phi) is 11.0. The molecule has 2 N–H and O–H groups in total. The summed E-state index contributed by atoms with van der Waals surface area (Å²) in [4.78, 5) is 38.0. The van der Waals surface area contributed by atoms with Crippen LogP contribution in [0.2, 0.25) is 0 Å². The number of hydrogen-bond donors (Lipinski definition) is 2. The van der Waals surface area contributed by atoms with Gasteiger partial charge in [-0.2, -0.15) is 0 Å². The molecule has 1 saturated heterocycles. The molecule has 0 aromatic heterocycles. The third-order valence-corrected chi connectivity index (χ3v) is 7.58. The van der Waals surface area contributed by atoms with Gasteiger partial charge in [-0.3, -0.25) is 4.79 Å². The number of para-hydroxylation sites is 2. The van der Waals surface area contributed by atoms with Gasteiger partial charge >= 0.3 is 11.9 Å². The predicted octanol–water partition coefficient (Wildman–Crippen LogP) is 4.98. The van der Waals surface area contributed by atoms with Crippen LogP contribution in [0.5, 0.6) is 11.5 Å². The Bertz CT molecular complexity index is 1440. The number of nitrogens with zero attached hydrogens (tertiary/aromatic N) is 3. The van der Waals surface area contributed by atoms with Crippen molar-refractivity contribution in [2.24, 2.45) is 0 Å². The SMILES string of the molecule is CN(CCC(=O)N1CCN(c2ccc(F)c(F)c2)CC1)CCC1c2ccccc2Oc2ccccc21.O=C(O)/C=C/C(=O)O. The Labute approximate surface area is 254 Å². The molecule has 1 amide bonds. The number of benzene rings is 3. The molecule has 9 nitrogen and oxygen atoms in total. The monoisotopic (exact) mass is 607 g/mol. The summed E-state index contributed by atoms with van der Waals surface area (Å²) in [6.07, 6.45) is 2.52. The molecule has 2 aliphatic heterocycles. The van der Waals surface area contributed by atoms with Crippen molar-refractivity contribution in [3.63, 3.8) is 0 Å². The van der Waals surface area contributed by atoms with E-state index in [-0.39, 0.29) is 11.8 Å². The van der Waals surface area contributed by atoms with Gasteiger partial charge in [0.15, 0.2) is 11.6 Å². The molecule has 5 rings (SSSR count). The molecule has 2 aliphatic rings. The van der Waals surface area contributed by atoms with Crippen LogP contribution < -0.4 is 9.64 Å². The number of carbonyl (C=O) groups is 3. The molecular formula is C33H35F2N3O6. The lowest BCUT2D eigenvalue weighted by atomic mass is 9.85. The van der Waals surface area contributed by atoms with Crippen molar-refractivity contribution in [3.8, 4) is 11.5 Å². The number of anilines is 1. The number of piperazine rings is 1. The quantitative estimate of drug-likeness (QED) is 0.328. The molecule has 232 valence electrons. The molecular weight excluding hydrogens is 572 g/mol. The topological polar surface area (TPSA) is 111 Å². The highest BCUT2D eigenvalue weighted by Crippen LogP contribution is 2.45. The lowest BCUT2D eigenvalue weighted by Gasteiger charge is -2.36. The molecule has 11 heteroatoms. The number of aliphatic carboxylic acids is 2. The zero-order valence-corrected chi connectivity index (χ0v) is 24.4. The fourth-order valence-corrected chi connectivity index (χ4v) is 5.26. The summed E-state index contributed by atoms with van der Waals surface area (Å²) in [5.41, 5.74) is 3.07. The van der Waals surface area contributed by atoms with E-state index in [0.717, 1.165) is 30.5 Å². The van der Waals surface area contributed by atoms with Crippen LogP contribution in [0, 0.1) is 11.6 Å². The van der Waals surface area contributed by atoms with Crippen LogP contribution in [0.4, 0.5) is 14.5 Å². The molecule has 0 aliphatic carbocycles.